The molecule has 5 nitrogen and oxygen atoms in total. The zero-order valence-corrected chi connectivity index (χ0v) is 13.5. The smallest absolute Gasteiger partial charge is 0.238 e. The van der Waals surface area contributed by atoms with Gasteiger partial charge in [-0.3, -0.25) is 14.6 Å². The summed E-state index contributed by atoms with van der Waals surface area (Å²) in [6, 6.07) is 5.54. The topological polar surface area (TPSA) is 48.7 Å². The minimum Gasteiger partial charge on any atom is -0.468 e. The molecule has 134 valence electrons. The summed E-state index contributed by atoms with van der Waals surface area (Å²) in [5.74, 6) is -3.85. The van der Waals surface area contributed by atoms with Crippen LogP contribution in [0, 0.1) is 17.5 Å². The zero-order chi connectivity index (χ0) is 17.8. The van der Waals surface area contributed by atoms with Gasteiger partial charge in [-0.15, -0.1) is 0 Å². The van der Waals surface area contributed by atoms with Crippen LogP contribution >= 0.6 is 0 Å². The van der Waals surface area contributed by atoms with Crippen molar-refractivity contribution in [1.82, 2.24) is 9.80 Å². The molecule has 8 heteroatoms. The van der Waals surface area contributed by atoms with Crippen molar-refractivity contribution < 1.29 is 22.4 Å². The number of halogens is 3. The number of hydrogen-bond donors (Lipinski definition) is 1. The van der Waals surface area contributed by atoms with Crippen molar-refractivity contribution >= 4 is 11.6 Å². The highest BCUT2D eigenvalue weighted by molar-refractivity contribution is 5.92. The SMILES string of the molecule is O=C(CN1CCN(Cc2ccco2)CC1)Nc1ccc(F)c(F)c1F. The van der Waals surface area contributed by atoms with Crippen molar-refractivity contribution in [3.8, 4) is 0 Å². The fraction of sp³-hybridized carbons (Fsp3) is 0.353. The molecule has 0 bridgehead atoms. The van der Waals surface area contributed by atoms with E-state index >= 15 is 0 Å². The molecule has 25 heavy (non-hydrogen) atoms. The number of rotatable bonds is 5. The molecule has 1 aromatic heterocycles. The summed E-state index contributed by atoms with van der Waals surface area (Å²) in [7, 11) is 0. The fourth-order valence-corrected chi connectivity index (χ4v) is 2.74. The number of furan rings is 1. The standard InChI is InChI=1S/C17H18F3N3O2/c18-13-3-4-14(17(20)16(13)19)21-15(24)11-23-7-5-22(6-8-23)10-12-2-1-9-25-12/h1-4,9H,5-8,10-11H2,(H,21,24). The van der Waals surface area contributed by atoms with Crippen LogP contribution in [0.4, 0.5) is 18.9 Å². The Morgan fingerprint density at radius 2 is 1.76 bits per heavy atom. The van der Waals surface area contributed by atoms with E-state index in [1.165, 1.54) is 0 Å². The van der Waals surface area contributed by atoms with Gasteiger partial charge in [-0.2, -0.15) is 0 Å². The van der Waals surface area contributed by atoms with Crippen LogP contribution in [-0.4, -0.2) is 48.4 Å². The number of amides is 1. The molecule has 0 saturated carbocycles. The molecule has 1 aromatic carbocycles. The Morgan fingerprint density at radius 3 is 2.44 bits per heavy atom. The first-order chi connectivity index (χ1) is 12.0. The van der Waals surface area contributed by atoms with Gasteiger partial charge in [0.1, 0.15) is 5.76 Å². The molecule has 2 aromatic rings. The molecule has 1 fully saturated rings. The molecule has 1 aliphatic heterocycles. The number of benzene rings is 1. The lowest BCUT2D eigenvalue weighted by Gasteiger charge is -2.33. The molecule has 0 spiro atoms. The summed E-state index contributed by atoms with van der Waals surface area (Å²) in [6.07, 6.45) is 1.63. The molecule has 0 aliphatic carbocycles. The average Bonchev–Trinajstić information content (AvgIpc) is 3.10. The van der Waals surface area contributed by atoms with E-state index in [0.29, 0.717) is 19.6 Å². The van der Waals surface area contributed by atoms with Crippen molar-refractivity contribution in [3.63, 3.8) is 0 Å². The Morgan fingerprint density at radius 1 is 1.04 bits per heavy atom. The van der Waals surface area contributed by atoms with Gasteiger partial charge in [0.2, 0.25) is 5.91 Å². The highest BCUT2D eigenvalue weighted by Gasteiger charge is 2.21. The summed E-state index contributed by atoms with van der Waals surface area (Å²) in [4.78, 5) is 16.1. The van der Waals surface area contributed by atoms with Gasteiger partial charge in [0.25, 0.3) is 0 Å². The van der Waals surface area contributed by atoms with E-state index in [4.69, 9.17) is 4.42 Å². The van der Waals surface area contributed by atoms with Crippen molar-refractivity contribution in [2.24, 2.45) is 0 Å². The Kier molecular flexibility index (Phi) is 5.40. The number of carbonyl (C=O) groups excluding carboxylic acids is 1. The van der Waals surface area contributed by atoms with Crippen molar-refractivity contribution in [1.29, 1.82) is 0 Å². The molecular weight excluding hydrogens is 335 g/mol. The van der Waals surface area contributed by atoms with Gasteiger partial charge in [-0.25, -0.2) is 13.2 Å². The molecule has 1 N–H and O–H groups in total. The Bertz CT molecular complexity index is 729. The number of piperazine rings is 1. The lowest BCUT2D eigenvalue weighted by atomic mass is 10.2. The van der Waals surface area contributed by atoms with Crippen LogP contribution in [0.3, 0.4) is 0 Å². The second-order valence-electron chi connectivity index (χ2n) is 5.90. The van der Waals surface area contributed by atoms with Gasteiger partial charge in [-0.1, -0.05) is 0 Å². The highest BCUT2D eigenvalue weighted by Crippen LogP contribution is 2.19. The van der Waals surface area contributed by atoms with Gasteiger partial charge in [0, 0.05) is 26.2 Å². The first-order valence-electron chi connectivity index (χ1n) is 7.93. The minimum atomic E-state index is -1.59. The molecular formula is C17H18F3N3O2. The van der Waals surface area contributed by atoms with Crippen LogP contribution in [0.15, 0.2) is 34.9 Å². The van der Waals surface area contributed by atoms with E-state index in [1.807, 2.05) is 17.0 Å². The summed E-state index contributed by atoms with van der Waals surface area (Å²) in [6.45, 7) is 3.67. The Balaban J connectivity index is 1.47. The third kappa shape index (κ3) is 4.40. The molecule has 1 saturated heterocycles. The van der Waals surface area contributed by atoms with E-state index in [0.717, 1.165) is 31.0 Å². The summed E-state index contributed by atoms with van der Waals surface area (Å²) in [5, 5.41) is 2.28. The van der Waals surface area contributed by atoms with Crippen LogP contribution in [-0.2, 0) is 11.3 Å². The summed E-state index contributed by atoms with van der Waals surface area (Å²) >= 11 is 0. The predicted molar refractivity (Wildman–Crippen MR) is 85.4 cm³/mol. The molecule has 0 atom stereocenters. The number of nitrogens with one attached hydrogen (secondary N) is 1. The van der Waals surface area contributed by atoms with E-state index < -0.39 is 23.4 Å². The third-order valence-electron chi connectivity index (χ3n) is 4.10. The van der Waals surface area contributed by atoms with Crippen LogP contribution in [0.5, 0.6) is 0 Å². The number of hydrogen-bond acceptors (Lipinski definition) is 4. The Hall–Kier alpha value is -2.32. The molecule has 0 unspecified atom stereocenters. The maximum atomic E-state index is 13.6. The molecule has 3 rings (SSSR count). The second-order valence-corrected chi connectivity index (χ2v) is 5.90. The van der Waals surface area contributed by atoms with E-state index in [1.54, 1.807) is 6.26 Å². The summed E-state index contributed by atoms with van der Waals surface area (Å²) in [5.41, 5.74) is -0.361. The van der Waals surface area contributed by atoms with Gasteiger partial charge in [-0.05, 0) is 24.3 Å². The maximum absolute atomic E-state index is 13.6. The molecule has 2 heterocycles. The van der Waals surface area contributed by atoms with Gasteiger partial charge in [0.15, 0.2) is 17.5 Å². The van der Waals surface area contributed by atoms with E-state index in [9.17, 15) is 18.0 Å². The monoisotopic (exact) mass is 353 g/mol. The molecule has 1 aliphatic rings. The summed E-state index contributed by atoms with van der Waals surface area (Å²) < 4.78 is 45.0. The molecule has 0 radical (unpaired) electrons. The van der Waals surface area contributed by atoms with Crippen molar-refractivity contribution in [2.45, 2.75) is 6.54 Å². The van der Waals surface area contributed by atoms with Crippen LogP contribution in [0.2, 0.25) is 0 Å². The van der Waals surface area contributed by atoms with Gasteiger partial charge >= 0.3 is 0 Å². The molecule has 1 amide bonds. The highest BCUT2D eigenvalue weighted by atomic mass is 19.2. The minimum absolute atomic E-state index is 0.0625. The number of carbonyl (C=O) groups is 1. The lowest BCUT2D eigenvalue weighted by molar-refractivity contribution is -0.117. The van der Waals surface area contributed by atoms with Gasteiger partial charge < -0.3 is 9.73 Å². The van der Waals surface area contributed by atoms with Crippen molar-refractivity contribution in [3.05, 3.63) is 53.7 Å². The first kappa shape index (κ1) is 17.5. The van der Waals surface area contributed by atoms with E-state index in [-0.39, 0.29) is 12.2 Å². The third-order valence-corrected chi connectivity index (χ3v) is 4.10. The maximum Gasteiger partial charge on any atom is 0.238 e. The number of nitrogens with zero attached hydrogens (tertiary/aromatic N) is 2. The normalized spacial score (nSPS) is 16.1. The quantitative estimate of drug-likeness (QED) is 0.839. The predicted octanol–water partition coefficient (Wildman–Crippen LogP) is 2.45. The van der Waals surface area contributed by atoms with Crippen LogP contribution < -0.4 is 5.32 Å². The first-order valence-corrected chi connectivity index (χ1v) is 7.93. The zero-order valence-electron chi connectivity index (χ0n) is 13.5. The second kappa shape index (κ2) is 7.71. The van der Waals surface area contributed by atoms with E-state index in [2.05, 4.69) is 10.2 Å². The lowest BCUT2D eigenvalue weighted by Crippen LogP contribution is -2.48. The fourth-order valence-electron chi connectivity index (χ4n) is 2.74. The number of anilines is 1. The van der Waals surface area contributed by atoms with Crippen LogP contribution in [0.1, 0.15) is 5.76 Å². The largest absolute Gasteiger partial charge is 0.468 e. The van der Waals surface area contributed by atoms with Crippen molar-refractivity contribution in [2.75, 3.05) is 38.0 Å². The average molecular weight is 353 g/mol. The Labute approximate surface area is 143 Å². The van der Waals surface area contributed by atoms with Crippen LogP contribution in [0.25, 0.3) is 0 Å². The van der Waals surface area contributed by atoms with Gasteiger partial charge in [0.05, 0.1) is 25.0 Å².